The van der Waals surface area contributed by atoms with Crippen molar-refractivity contribution in [3.05, 3.63) is 35.9 Å². The van der Waals surface area contributed by atoms with Crippen LogP contribution in [0.2, 0.25) is 0 Å². The Bertz CT molecular complexity index is 464. The Morgan fingerprint density at radius 2 is 2.16 bits per heavy atom. The van der Waals surface area contributed by atoms with Crippen molar-refractivity contribution in [3.63, 3.8) is 0 Å². The summed E-state index contributed by atoms with van der Waals surface area (Å²) in [7, 11) is 0. The molecule has 3 nitrogen and oxygen atoms in total. The van der Waals surface area contributed by atoms with Crippen LogP contribution < -0.4 is 4.90 Å². The standard InChI is InChI=1S/C16H21NO2/c1-2-3-12-17(14-9-10-14)15-7-5-4-6-13(15)8-11-16(18)19/h4-8,11,14H,2-3,9-10,12H2,1H3,(H,18,19). The van der Waals surface area contributed by atoms with Crippen molar-refractivity contribution in [2.24, 2.45) is 0 Å². The molecule has 0 heterocycles. The van der Waals surface area contributed by atoms with E-state index in [0.717, 1.165) is 17.8 Å². The maximum absolute atomic E-state index is 10.7. The molecule has 0 aliphatic heterocycles. The van der Waals surface area contributed by atoms with Crippen molar-refractivity contribution in [3.8, 4) is 0 Å². The van der Waals surface area contributed by atoms with Crippen molar-refractivity contribution >= 4 is 17.7 Å². The van der Waals surface area contributed by atoms with E-state index in [2.05, 4.69) is 17.9 Å². The first-order chi connectivity index (χ1) is 9.22. The Morgan fingerprint density at radius 3 is 2.79 bits per heavy atom. The minimum Gasteiger partial charge on any atom is -0.478 e. The lowest BCUT2D eigenvalue weighted by Gasteiger charge is -2.26. The van der Waals surface area contributed by atoms with E-state index in [0.29, 0.717) is 6.04 Å². The molecule has 0 unspecified atom stereocenters. The summed E-state index contributed by atoms with van der Waals surface area (Å²) in [6.45, 7) is 3.25. The average molecular weight is 259 g/mol. The molecule has 1 aliphatic carbocycles. The first-order valence-electron chi connectivity index (χ1n) is 6.99. The fourth-order valence-corrected chi connectivity index (χ4v) is 2.27. The van der Waals surface area contributed by atoms with Gasteiger partial charge in [-0.15, -0.1) is 0 Å². The third-order valence-corrected chi connectivity index (χ3v) is 3.39. The molecule has 1 aliphatic rings. The number of hydrogen-bond acceptors (Lipinski definition) is 2. The Labute approximate surface area is 114 Å². The molecule has 1 fully saturated rings. The number of benzene rings is 1. The monoisotopic (exact) mass is 259 g/mol. The Hall–Kier alpha value is -1.77. The maximum Gasteiger partial charge on any atom is 0.328 e. The number of unbranched alkanes of at least 4 members (excludes halogenated alkanes) is 1. The number of carbonyl (C=O) groups is 1. The molecular weight excluding hydrogens is 238 g/mol. The highest BCUT2D eigenvalue weighted by molar-refractivity contribution is 5.87. The van der Waals surface area contributed by atoms with Gasteiger partial charge >= 0.3 is 5.97 Å². The van der Waals surface area contributed by atoms with Crippen molar-refractivity contribution in [1.82, 2.24) is 0 Å². The topological polar surface area (TPSA) is 40.5 Å². The SMILES string of the molecule is CCCCN(c1ccccc1C=CC(=O)O)C1CC1. The van der Waals surface area contributed by atoms with Crippen LogP contribution in [0.4, 0.5) is 5.69 Å². The van der Waals surface area contributed by atoms with Crippen LogP contribution >= 0.6 is 0 Å². The summed E-state index contributed by atoms with van der Waals surface area (Å²) < 4.78 is 0. The first-order valence-corrected chi connectivity index (χ1v) is 6.99. The molecule has 0 bridgehead atoms. The highest BCUT2D eigenvalue weighted by Crippen LogP contribution is 2.34. The van der Waals surface area contributed by atoms with Gasteiger partial charge in [0.1, 0.15) is 0 Å². The maximum atomic E-state index is 10.7. The van der Waals surface area contributed by atoms with Crippen molar-refractivity contribution < 1.29 is 9.90 Å². The van der Waals surface area contributed by atoms with Gasteiger partial charge in [0.25, 0.3) is 0 Å². The second kappa shape index (κ2) is 6.41. The van der Waals surface area contributed by atoms with Crippen molar-refractivity contribution in [1.29, 1.82) is 0 Å². The van der Waals surface area contributed by atoms with Gasteiger partial charge in [-0.2, -0.15) is 0 Å². The fraction of sp³-hybridized carbons (Fsp3) is 0.438. The predicted octanol–water partition coefficient (Wildman–Crippen LogP) is 3.55. The first kappa shape index (κ1) is 13.7. The van der Waals surface area contributed by atoms with Crippen LogP contribution in [0, 0.1) is 0 Å². The van der Waals surface area contributed by atoms with Gasteiger partial charge in [-0.25, -0.2) is 4.79 Å². The lowest BCUT2D eigenvalue weighted by molar-refractivity contribution is -0.131. The zero-order valence-electron chi connectivity index (χ0n) is 11.4. The molecule has 1 aromatic carbocycles. The van der Waals surface area contributed by atoms with Crippen LogP contribution in [0.15, 0.2) is 30.3 Å². The summed E-state index contributed by atoms with van der Waals surface area (Å²) in [6, 6.07) is 8.70. The van der Waals surface area contributed by atoms with E-state index in [1.807, 2.05) is 18.2 Å². The molecule has 0 amide bonds. The lowest BCUT2D eigenvalue weighted by Crippen LogP contribution is -2.27. The Balaban J connectivity index is 2.22. The number of carboxylic acids is 1. The second-order valence-electron chi connectivity index (χ2n) is 5.01. The molecule has 1 saturated carbocycles. The third-order valence-electron chi connectivity index (χ3n) is 3.39. The summed E-state index contributed by atoms with van der Waals surface area (Å²) in [5, 5.41) is 8.77. The van der Waals surface area contributed by atoms with E-state index in [9.17, 15) is 4.79 Å². The molecule has 19 heavy (non-hydrogen) atoms. The third kappa shape index (κ3) is 3.85. The summed E-state index contributed by atoms with van der Waals surface area (Å²) in [5.74, 6) is -0.902. The number of anilines is 1. The number of carboxylic acid groups (broad SMARTS) is 1. The number of nitrogens with zero attached hydrogens (tertiary/aromatic N) is 1. The molecule has 0 radical (unpaired) electrons. The van der Waals surface area contributed by atoms with E-state index in [1.54, 1.807) is 6.08 Å². The largest absolute Gasteiger partial charge is 0.478 e. The van der Waals surface area contributed by atoms with Gasteiger partial charge in [0.2, 0.25) is 0 Å². The van der Waals surface area contributed by atoms with Gasteiger partial charge in [-0.1, -0.05) is 31.5 Å². The summed E-state index contributed by atoms with van der Waals surface area (Å²) >= 11 is 0. The summed E-state index contributed by atoms with van der Waals surface area (Å²) in [6.07, 6.45) is 7.76. The number of rotatable bonds is 7. The highest BCUT2D eigenvalue weighted by atomic mass is 16.4. The molecule has 0 aromatic heterocycles. The van der Waals surface area contributed by atoms with E-state index in [-0.39, 0.29) is 0 Å². The Kier molecular flexibility index (Phi) is 4.61. The predicted molar refractivity (Wildman–Crippen MR) is 78.4 cm³/mol. The van der Waals surface area contributed by atoms with Crippen LogP contribution in [0.25, 0.3) is 6.08 Å². The minimum absolute atomic E-state index is 0.644. The normalized spacial score (nSPS) is 14.8. The Morgan fingerprint density at radius 1 is 1.42 bits per heavy atom. The number of para-hydroxylation sites is 1. The molecule has 3 heteroatoms. The summed E-state index contributed by atoms with van der Waals surface area (Å²) in [5.41, 5.74) is 2.16. The smallest absolute Gasteiger partial charge is 0.328 e. The number of hydrogen-bond donors (Lipinski definition) is 1. The van der Waals surface area contributed by atoms with Crippen LogP contribution in [0.3, 0.4) is 0 Å². The van der Waals surface area contributed by atoms with E-state index >= 15 is 0 Å². The van der Waals surface area contributed by atoms with Crippen LogP contribution in [-0.4, -0.2) is 23.7 Å². The van der Waals surface area contributed by atoms with E-state index < -0.39 is 5.97 Å². The molecule has 1 aromatic rings. The van der Waals surface area contributed by atoms with Crippen molar-refractivity contribution in [2.45, 2.75) is 38.6 Å². The molecule has 0 spiro atoms. The summed E-state index contributed by atoms with van der Waals surface area (Å²) in [4.78, 5) is 13.1. The van der Waals surface area contributed by atoms with Gasteiger partial charge in [-0.3, -0.25) is 0 Å². The molecular formula is C16H21NO2. The van der Waals surface area contributed by atoms with E-state index in [4.69, 9.17) is 5.11 Å². The quantitative estimate of drug-likeness (QED) is 0.761. The lowest BCUT2D eigenvalue weighted by atomic mass is 10.1. The van der Waals surface area contributed by atoms with Crippen LogP contribution in [0.1, 0.15) is 38.2 Å². The van der Waals surface area contributed by atoms with E-state index in [1.165, 1.54) is 31.8 Å². The van der Waals surface area contributed by atoms with Gasteiger partial charge in [0.05, 0.1) is 0 Å². The highest BCUT2D eigenvalue weighted by Gasteiger charge is 2.29. The fourth-order valence-electron chi connectivity index (χ4n) is 2.27. The van der Waals surface area contributed by atoms with Gasteiger partial charge in [-0.05, 0) is 37.0 Å². The second-order valence-corrected chi connectivity index (χ2v) is 5.01. The molecule has 0 atom stereocenters. The van der Waals surface area contributed by atoms with Crippen molar-refractivity contribution in [2.75, 3.05) is 11.4 Å². The molecule has 102 valence electrons. The zero-order valence-corrected chi connectivity index (χ0v) is 11.4. The van der Waals surface area contributed by atoms with Gasteiger partial charge in [0.15, 0.2) is 0 Å². The molecule has 1 N–H and O–H groups in total. The zero-order chi connectivity index (χ0) is 13.7. The molecule has 2 rings (SSSR count). The number of aliphatic carboxylic acids is 1. The van der Waals surface area contributed by atoms with Crippen LogP contribution in [-0.2, 0) is 4.79 Å². The van der Waals surface area contributed by atoms with Crippen LogP contribution in [0.5, 0.6) is 0 Å². The molecule has 0 saturated heterocycles. The van der Waals surface area contributed by atoms with Gasteiger partial charge < -0.3 is 10.0 Å². The minimum atomic E-state index is -0.902. The average Bonchev–Trinajstić information content (AvgIpc) is 3.22. The van der Waals surface area contributed by atoms with Gasteiger partial charge in [0, 0.05) is 24.4 Å².